The molecule has 0 radical (unpaired) electrons. The zero-order valence-corrected chi connectivity index (χ0v) is 42.8. The first-order valence-electron chi connectivity index (χ1n) is 26.5. The van der Waals surface area contributed by atoms with Gasteiger partial charge in [0.2, 0.25) is 0 Å². The van der Waals surface area contributed by atoms with Crippen LogP contribution < -0.4 is 16.0 Å². The summed E-state index contributed by atoms with van der Waals surface area (Å²) in [5.41, 5.74) is 6.48. The summed E-state index contributed by atoms with van der Waals surface area (Å²) in [4.78, 5) is 38.6. The van der Waals surface area contributed by atoms with Crippen molar-refractivity contribution < 1.29 is 14.4 Å². The van der Waals surface area contributed by atoms with E-state index in [4.69, 9.17) is 0 Å². The van der Waals surface area contributed by atoms with Crippen LogP contribution in [0.2, 0.25) is 0 Å². The highest BCUT2D eigenvalue weighted by Crippen LogP contribution is 2.16. The number of hydrogen-bond donors (Lipinski definition) is 3. The van der Waals surface area contributed by atoms with Gasteiger partial charge in [-0.15, -0.1) is 0 Å². The Hall–Kier alpha value is -6.03. The molecule has 3 amide bonds. The van der Waals surface area contributed by atoms with Gasteiger partial charge in [-0.3, -0.25) is 14.4 Å². The van der Waals surface area contributed by atoms with Crippen LogP contribution in [-0.4, -0.2) is 37.4 Å². The van der Waals surface area contributed by atoms with E-state index in [1.54, 1.807) is 0 Å². The SMILES string of the molecule is CCCCCCCCCCNC(=O)c1ccc(C#Cc2cc(C#Cc3ccc(C(=O)NCCCCCCCCCC)cc3)cc(C#Cc3ccc(C(=O)NCC[C@@H](C)CCCC(C)C)cc3)c2)cc1. The van der Waals surface area contributed by atoms with E-state index in [-0.39, 0.29) is 17.7 Å². The zero-order chi connectivity index (χ0) is 49.3. The quantitative estimate of drug-likeness (QED) is 0.0392. The van der Waals surface area contributed by atoms with Crippen molar-refractivity contribution in [3.63, 3.8) is 0 Å². The van der Waals surface area contributed by atoms with E-state index >= 15 is 0 Å². The normalized spacial score (nSPS) is 11.0. The Morgan fingerprint density at radius 3 is 1.00 bits per heavy atom. The molecular weight excluding hydrogens is 847 g/mol. The van der Waals surface area contributed by atoms with Gasteiger partial charge in [0.25, 0.3) is 17.7 Å². The average molecular weight is 928 g/mol. The van der Waals surface area contributed by atoms with E-state index in [1.807, 2.05) is 91.0 Å². The van der Waals surface area contributed by atoms with Gasteiger partial charge in [0.05, 0.1) is 0 Å². The molecule has 0 saturated heterocycles. The second kappa shape index (κ2) is 33.5. The summed E-state index contributed by atoms with van der Waals surface area (Å²) in [5.74, 6) is 20.8. The van der Waals surface area contributed by atoms with Crippen LogP contribution in [0.4, 0.5) is 0 Å². The lowest BCUT2D eigenvalue weighted by molar-refractivity contribution is 0.0943. The van der Waals surface area contributed by atoms with Crippen molar-refractivity contribution in [3.8, 4) is 35.5 Å². The molecule has 69 heavy (non-hydrogen) atoms. The fourth-order valence-electron chi connectivity index (χ4n) is 8.07. The van der Waals surface area contributed by atoms with Gasteiger partial charge in [-0.25, -0.2) is 0 Å². The Bertz CT molecular complexity index is 2210. The maximum atomic E-state index is 12.9. The maximum absolute atomic E-state index is 12.9. The van der Waals surface area contributed by atoms with Crippen molar-refractivity contribution in [2.24, 2.45) is 11.8 Å². The van der Waals surface area contributed by atoms with Gasteiger partial charge < -0.3 is 16.0 Å². The van der Waals surface area contributed by atoms with Gasteiger partial charge in [-0.1, -0.05) is 179 Å². The minimum absolute atomic E-state index is 0.0650. The van der Waals surface area contributed by atoms with Crippen molar-refractivity contribution >= 4 is 17.7 Å². The van der Waals surface area contributed by atoms with Crippen LogP contribution in [0.25, 0.3) is 0 Å². The van der Waals surface area contributed by atoms with E-state index < -0.39 is 0 Å². The van der Waals surface area contributed by atoms with Crippen LogP contribution in [0.1, 0.15) is 227 Å². The Morgan fingerprint density at radius 1 is 0.362 bits per heavy atom. The molecule has 1 atom stereocenters. The largest absolute Gasteiger partial charge is 0.352 e. The van der Waals surface area contributed by atoms with Gasteiger partial charge in [-0.2, -0.15) is 0 Å². The summed E-state index contributed by atoms with van der Waals surface area (Å²) < 4.78 is 0. The van der Waals surface area contributed by atoms with Crippen LogP contribution in [0, 0.1) is 47.4 Å². The van der Waals surface area contributed by atoms with Crippen LogP contribution in [0.3, 0.4) is 0 Å². The fraction of sp³-hybridized carbons (Fsp3) is 0.476. The minimum atomic E-state index is -0.0719. The predicted octanol–water partition coefficient (Wildman–Crippen LogP) is 14.2. The lowest BCUT2D eigenvalue weighted by Crippen LogP contribution is -2.25. The van der Waals surface area contributed by atoms with Crippen molar-refractivity contribution in [1.82, 2.24) is 16.0 Å². The molecule has 0 spiro atoms. The van der Waals surface area contributed by atoms with E-state index in [1.165, 1.54) is 96.3 Å². The molecule has 0 aliphatic rings. The number of amides is 3. The van der Waals surface area contributed by atoms with E-state index in [0.29, 0.717) is 42.2 Å². The molecule has 0 aliphatic heterocycles. The highest BCUT2D eigenvalue weighted by atomic mass is 16.2. The third kappa shape index (κ3) is 23.7. The molecule has 4 aromatic carbocycles. The Labute approximate surface area is 417 Å². The lowest BCUT2D eigenvalue weighted by Gasteiger charge is -2.13. The fourth-order valence-corrected chi connectivity index (χ4v) is 8.07. The molecule has 0 bridgehead atoms. The number of hydrogen-bond acceptors (Lipinski definition) is 3. The number of unbranched alkanes of at least 4 members (excludes halogenated alkanes) is 14. The molecule has 4 aromatic rings. The molecular formula is C63H81N3O3. The molecule has 3 N–H and O–H groups in total. The van der Waals surface area contributed by atoms with Crippen molar-refractivity contribution in [2.45, 2.75) is 163 Å². The monoisotopic (exact) mass is 928 g/mol. The van der Waals surface area contributed by atoms with E-state index in [9.17, 15) is 14.4 Å². The Kier molecular flexibility index (Phi) is 26.9. The second-order valence-electron chi connectivity index (χ2n) is 19.2. The van der Waals surface area contributed by atoms with Crippen molar-refractivity contribution in [1.29, 1.82) is 0 Å². The van der Waals surface area contributed by atoms with Gasteiger partial charge in [0, 0.05) is 69.7 Å². The molecule has 0 saturated carbocycles. The summed E-state index contributed by atoms with van der Waals surface area (Å²) >= 11 is 0. The first kappa shape index (κ1) is 55.6. The van der Waals surface area contributed by atoms with Crippen LogP contribution in [-0.2, 0) is 0 Å². The zero-order valence-electron chi connectivity index (χ0n) is 42.8. The van der Waals surface area contributed by atoms with Crippen molar-refractivity contribution in [3.05, 3.63) is 141 Å². The number of nitrogens with one attached hydrogen (secondary N) is 3. The van der Waals surface area contributed by atoms with Crippen LogP contribution in [0.5, 0.6) is 0 Å². The number of benzene rings is 4. The maximum Gasteiger partial charge on any atom is 0.251 e. The number of carbonyl (C=O) groups is 3. The molecule has 6 nitrogen and oxygen atoms in total. The molecule has 366 valence electrons. The lowest BCUT2D eigenvalue weighted by atomic mass is 9.97. The van der Waals surface area contributed by atoms with Crippen LogP contribution in [0.15, 0.2) is 91.0 Å². The molecule has 4 rings (SSSR count). The molecule has 0 aliphatic carbocycles. The van der Waals surface area contributed by atoms with E-state index in [0.717, 1.165) is 71.4 Å². The minimum Gasteiger partial charge on any atom is -0.352 e. The third-order valence-electron chi connectivity index (χ3n) is 12.5. The smallest absolute Gasteiger partial charge is 0.251 e. The number of carbonyl (C=O) groups excluding carboxylic acids is 3. The van der Waals surface area contributed by atoms with Crippen LogP contribution >= 0.6 is 0 Å². The first-order valence-corrected chi connectivity index (χ1v) is 26.5. The van der Waals surface area contributed by atoms with Gasteiger partial charge in [-0.05, 0) is 122 Å². The molecule has 6 heteroatoms. The van der Waals surface area contributed by atoms with E-state index in [2.05, 4.69) is 86.1 Å². The number of rotatable bonds is 28. The third-order valence-corrected chi connectivity index (χ3v) is 12.5. The van der Waals surface area contributed by atoms with Crippen molar-refractivity contribution in [2.75, 3.05) is 19.6 Å². The Morgan fingerprint density at radius 2 is 0.667 bits per heavy atom. The summed E-state index contributed by atoms with van der Waals surface area (Å²) in [5, 5.41) is 9.21. The standard InChI is InChI=1S/C63H81N3O3/c1-6-8-10-12-14-16-18-20-44-64-61(67)58-37-31-52(32-38-58)25-28-55-47-56(29-26-53-33-39-59(40-34-53)62(68)65-45-21-19-17-15-13-11-9-7-2)49-57(48-55)30-27-54-35-41-60(42-36-54)63(69)66-46-43-51(5)24-22-23-50(3)4/h31-42,47-51H,6-24,43-46H2,1-5H3,(H,64,67)(H,65,68)(H,66,69)/t51-/m0/s1. The molecule has 0 aromatic heterocycles. The summed E-state index contributed by atoms with van der Waals surface area (Å²) in [6, 6.07) is 28.0. The van der Waals surface area contributed by atoms with Gasteiger partial charge in [0.1, 0.15) is 0 Å². The summed E-state index contributed by atoms with van der Waals surface area (Å²) in [6.07, 6.45) is 24.3. The predicted molar refractivity (Wildman–Crippen MR) is 288 cm³/mol. The molecule has 0 unspecified atom stereocenters. The summed E-state index contributed by atoms with van der Waals surface area (Å²) in [6.45, 7) is 13.3. The first-order chi connectivity index (χ1) is 33.6. The average Bonchev–Trinajstić information content (AvgIpc) is 3.36. The summed E-state index contributed by atoms with van der Waals surface area (Å²) in [7, 11) is 0. The topological polar surface area (TPSA) is 87.3 Å². The van der Waals surface area contributed by atoms with Gasteiger partial charge >= 0.3 is 0 Å². The Balaban J connectivity index is 1.41. The highest BCUT2D eigenvalue weighted by Gasteiger charge is 2.09. The molecule has 0 heterocycles. The van der Waals surface area contributed by atoms with Gasteiger partial charge in [0.15, 0.2) is 0 Å². The second-order valence-corrected chi connectivity index (χ2v) is 19.2. The molecule has 0 fully saturated rings. The highest BCUT2D eigenvalue weighted by molar-refractivity contribution is 5.95.